The largest absolute Gasteiger partial charge is 0.454 e. The third-order valence-electron chi connectivity index (χ3n) is 6.35. The number of fused-ring (bicyclic) bond motifs is 2. The maximum absolute atomic E-state index is 12.6. The average molecular weight is 398 g/mol. The van der Waals surface area contributed by atoms with E-state index < -0.39 is 18.6 Å². The molecule has 1 saturated heterocycles. The molecule has 2 heterocycles. The fourth-order valence-corrected chi connectivity index (χ4v) is 4.80. The molecule has 0 unspecified atom stereocenters. The number of hydrogen-bond acceptors (Lipinski definition) is 5. The van der Waals surface area contributed by atoms with Gasteiger partial charge in [0.05, 0.1) is 11.8 Å². The van der Waals surface area contributed by atoms with Gasteiger partial charge in [-0.3, -0.25) is 19.3 Å². The predicted molar refractivity (Wildman–Crippen MR) is 105 cm³/mol. The van der Waals surface area contributed by atoms with Crippen LogP contribution in [0.25, 0.3) is 0 Å². The van der Waals surface area contributed by atoms with Gasteiger partial charge in [-0.2, -0.15) is 0 Å². The van der Waals surface area contributed by atoms with Crippen LogP contribution in [0.15, 0.2) is 24.3 Å². The van der Waals surface area contributed by atoms with Crippen LogP contribution < -0.4 is 4.90 Å². The van der Waals surface area contributed by atoms with E-state index in [0.717, 1.165) is 41.8 Å². The summed E-state index contributed by atoms with van der Waals surface area (Å²) in [6, 6.07) is 6.69. The Hall–Kier alpha value is -2.70. The number of amides is 3. The van der Waals surface area contributed by atoms with Gasteiger partial charge in [0, 0.05) is 12.2 Å². The minimum Gasteiger partial charge on any atom is -0.454 e. The lowest BCUT2D eigenvalue weighted by atomic mass is 9.81. The second-order valence-corrected chi connectivity index (χ2v) is 8.11. The molecule has 3 amide bonds. The summed E-state index contributed by atoms with van der Waals surface area (Å²) >= 11 is 0. The van der Waals surface area contributed by atoms with E-state index in [1.165, 1.54) is 6.92 Å². The minimum atomic E-state index is -1.01. The molecule has 154 valence electrons. The van der Waals surface area contributed by atoms with Crippen LogP contribution in [-0.4, -0.2) is 47.8 Å². The van der Waals surface area contributed by atoms with Gasteiger partial charge < -0.3 is 9.64 Å². The Bertz CT molecular complexity index is 827. The minimum absolute atomic E-state index is 0.277. The van der Waals surface area contributed by atoms with Crippen LogP contribution in [-0.2, 0) is 30.3 Å². The molecule has 1 aromatic rings. The highest BCUT2D eigenvalue weighted by Crippen LogP contribution is 2.39. The van der Waals surface area contributed by atoms with Crippen molar-refractivity contribution in [3.8, 4) is 0 Å². The molecule has 0 spiro atoms. The summed E-state index contributed by atoms with van der Waals surface area (Å²) in [5, 5.41) is 0. The van der Waals surface area contributed by atoms with Gasteiger partial charge in [0.25, 0.3) is 5.91 Å². The fraction of sp³-hybridized carbons (Fsp3) is 0.545. The summed E-state index contributed by atoms with van der Waals surface area (Å²) in [5.74, 6) is -2.19. The highest BCUT2D eigenvalue weighted by Gasteiger charge is 2.51. The van der Waals surface area contributed by atoms with Crippen LogP contribution in [0.5, 0.6) is 0 Å². The normalized spacial score (nSPS) is 24.7. The molecular weight excluding hydrogens is 372 g/mol. The number of para-hydroxylation sites is 1. The molecule has 29 heavy (non-hydrogen) atoms. The first kappa shape index (κ1) is 19.6. The number of rotatable bonds is 4. The van der Waals surface area contributed by atoms with E-state index in [2.05, 4.69) is 0 Å². The number of aryl methyl sites for hydroxylation is 1. The molecule has 0 bridgehead atoms. The fourth-order valence-electron chi connectivity index (χ4n) is 4.80. The molecule has 0 N–H and O–H groups in total. The number of carbonyl (C=O) groups is 4. The SMILES string of the molecule is C[C@@H](C(=O)OCC(=O)N1CCCc2ccccc21)N1C(=O)[C@H]2CCCC[C@H]2C1=O. The molecule has 1 saturated carbocycles. The first-order valence-corrected chi connectivity index (χ1v) is 10.4. The van der Waals surface area contributed by atoms with Gasteiger partial charge in [-0.05, 0) is 44.2 Å². The number of imide groups is 1. The molecular formula is C22H26N2O5. The molecule has 7 heteroatoms. The molecule has 3 atom stereocenters. The molecule has 1 aromatic carbocycles. The zero-order chi connectivity index (χ0) is 20.5. The van der Waals surface area contributed by atoms with Crippen molar-refractivity contribution in [2.45, 2.75) is 51.5 Å². The summed E-state index contributed by atoms with van der Waals surface area (Å²) in [7, 11) is 0. The average Bonchev–Trinajstić information content (AvgIpc) is 3.01. The topological polar surface area (TPSA) is 84.0 Å². The summed E-state index contributed by atoms with van der Waals surface area (Å²) in [4.78, 5) is 53.1. The summed E-state index contributed by atoms with van der Waals surface area (Å²) in [6.45, 7) is 1.67. The Morgan fingerprint density at radius 1 is 1.07 bits per heavy atom. The van der Waals surface area contributed by atoms with E-state index in [9.17, 15) is 19.2 Å². The van der Waals surface area contributed by atoms with Gasteiger partial charge in [0.1, 0.15) is 6.04 Å². The van der Waals surface area contributed by atoms with E-state index in [1.54, 1.807) is 4.90 Å². The number of nitrogens with zero attached hydrogens (tertiary/aromatic N) is 2. The monoisotopic (exact) mass is 398 g/mol. The number of carbonyl (C=O) groups excluding carboxylic acids is 4. The Morgan fingerprint density at radius 2 is 1.72 bits per heavy atom. The lowest BCUT2D eigenvalue weighted by Crippen LogP contribution is -2.45. The van der Waals surface area contributed by atoms with E-state index in [4.69, 9.17) is 4.74 Å². The Morgan fingerprint density at radius 3 is 2.41 bits per heavy atom. The first-order chi connectivity index (χ1) is 14.0. The van der Waals surface area contributed by atoms with Crippen molar-refractivity contribution in [2.75, 3.05) is 18.1 Å². The summed E-state index contributed by atoms with van der Waals surface area (Å²) in [5.41, 5.74) is 1.95. The van der Waals surface area contributed by atoms with Crippen molar-refractivity contribution in [1.29, 1.82) is 0 Å². The lowest BCUT2D eigenvalue weighted by molar-refractivity contribution is -0.159. The molecule has 2 aliphatic heterocycles. The van der Waals surface area contributed by atoms with Crippen LogP contribution >= 0.6 is 0 Å². The van der Waals surface area contributed by atoms with Crippen LogP contribution in [0.4, 0.5) is 5.69 Å². The number of hydrogen-bond donors (Lipinski definition) is 0. The maximum Gasteiger partial charge on any atom is 0.329 e. The van der Waals surface area contributed by atoms with Crippen LogP contribution in [0.2, 0.25) is 0 Å². The summed E-state index contributed by atoms with van der Waals surface area (Å²) < 4.78 is 5.22. The van der Waals surface area contributed by atoms with Gasteiger partial charge in [0.15, 0.2) is 6.61 Å². The Balaban J connectivity index is 1.38. The second-order valence-electron chi connectivity index (χ2n) is 8.11. The second kappa shape index (κ2) is 7.97. The first-order valence-electron chi connectivity index (χ1n) is 10.4. The Labute approximate surface area is 170 Å². The smallest absolute Gasteiger partial charge is 0.329 e. The molecule has 0 aromatic heterocycles. The van der Waals surface area contributed by atoms with Crippen molar-refractivity contribution in [3.63, 3.8) is 0 Å². The molecule has 2 fully saturated rings. The van der Waals surface area contributed by atoms with Crippen molar-refractivity contribution in [2.24, 2.45) is 11.8 Å². The molecule has 1 aliphatic carbocycles. The predicted octanol–water partition coefficient (Wildman–Crippen LogP) is 2.07. The van der Waals surface area contributed by atoms with E-state index in [-0.39, 0.29) is 29.6 Å². The molecule has 7 nitrogen and oxygen atoms in total. The maximum atomic E-state index is 12.6. The highest BCUT2D eigenvalue weighted by atomic mass is 16.5. The van der Waals surface area contributed by atoms with E-state index in [0.29, 0.717) is 19.4 Å². The van der Waals surface area contributed by atoms with Gasteiger partial charge >= 0.3 is 5.97 Å². The van der Waals surface area contributed by atoms with Gasteiger partial charge in [0.2, 0.25) is 11.8 Å². The number of benzene rings is 1. The van der Waals surface area contributed by atoms with Crippen molar-refractivity contribution in [1.82, 2.24) is 4.90 Å². The van der Waals surface area contributed by atoms with Crippen LogP contribution in [0.3, 0.4) is 0 Å². The third kappa shape index (κ3) is 3.54. The van der Waals surface area contributed by atoms with Gasteiger partial charge in [-0.1, -0.05) is 31.0 Å². The van der Waals surface area contributed by atoms with Gasteiger partial charge in [-0.15, -0.1) is 0 Å². The van der Waals surface area contributed by atoms with Gasteiger partial charge in [-0.25, -0.2) is 4.79 Å². The zero-order valence-corrected chi connectivity index (χ0v) is 16.6. The van der Waals surface area contributed by atoms with Crippen molar-refractivity contribution < 1.29 is 23.9 Å². The molecule has 3 aliphatic rings. The summed E-state index contributed by atoms with van der Waals surface area (Å²) in [6.07, 6.45) is 5.02. The number of ether oxygens (including phenoxy) is 1. The van der Waals surface area contributed by atoms with Crippen molar-refractivity contribution in [3.05, 3.63) is 29.8 Å². The van der Waals surface area contributed by atoms with Crippen LogP contribution in [0.1, 0.15) is 44.6 Å². The van der Waals surface area contributed by atoms with Crippen molar-refractivity contribution >= 4 is 29.4 Å². The van der Waals surface area contributed by atoms with E-state index >= 15 is 0 Å². The molecule has 4 rings (SSSR count). The number of esters is 1. The van der Waals surface area contributed by atoms with Crippen LogP contribution in [0, 0.1) is 11.8 Å². The lowest BCUT2D eigenvalue weighted by Gasteiger charge is -2.29. The zero-order valence-electron chi connectivity index (χ0n) is 16.6. The standard InChI is InChI=1S/C22H26N2O5/c1-14(24-20(26)16-9-3-4-10-17(16)21(24)27)22(28)29-13-19(25)23-12-6-8-15-7-2-5-11-18(15)23/h2,5,7,11,14,16-17H,3-4,6,8-10,12-13H2,1H3/t14-,16-,17+/m0/s1. The third-order valence-corrected chi connectivity index (χ3v) is 6.35. The molecule has 0 radical (unpaired) electrons. The number of likely N-dealkylation sites (tertiary alicyclic amines) is 1. The quantitative estimate of drug-likeness (QED) is 0.573. The Kier molecular flexibility index (Phi) is 5.39. The van der Waals surface area contributed by atoms with E-state index in [1.807, 2.05) is 24.3 Å². The highest BCUT2D eigenvalue weighted by molar-refractivity contribution is 6.08. The number of anilines is 1.